The maximum atomic E-state index is 11.1. The molecular weight excluding hydrogens is 224 g/mol. The molecule has 0 aromatic carbocycles. The summed E-state index contributed by atoms with van der Waals surface area (Å²) in [6.07, 6.45) is 4.11. The topological polar surface area (TPSA) is 54.0 Å². The van der Waals surface area contributed by atoms with Crippen LogP contribution in [0.2, 0.25) is 0 Å². The van der Waals surface area contributed by atoms with Crippen molar-refractivity contribution in [3.63, 3.8) is 0 Å². The molecule has 0 unspecified atom stereocenters. The zero-order chi connectivity index (χ0) is 12.8. The Morgan fingerprint density at radius 3 is 2.06 bits per heavy atom. The SMILES string of the molecule is CCCCOCOCC(=O)OCOCCCC. The van der Waals surface area contributed by atoms with Gasteiger partial charge in [-0.2, -0.15) is 0 Å². The van der Waals surface area contributed by atoms with Gasteiger partial charge in [0.15, 0.2) is 6.79 Å². The molecule has 0 aromatic rings. The van der Waals surface area contributed by atoms with Crippen LogP contribution in [0.25, 0.3) is 0 Å². The molecule has 0 rings (SSSR count). The molecule has 0 saturated heterocycles. The highest BCUT2D eigenvalue weighted by molar-refractivity contribution is 5.70. The van der Waals surface area contributed by atoms with Crippen molar-refractivity contribution >= 4 is 5.97 Å². The van der Waals surface area contributed by atoms with Crippen molar-refractivity contribution in [1.29, 1.82) is 0 Å². The van der Waals surface area contributed by atoms with E-state index in [-0.39, 0.29) is 20.2 Å². The average Bonchev–Trinajstić information content (AvgIpc) is 2.33. The summed E-state index contributed by atoms with van der Waals surface area (Å²) in [5, 5.41) is 0. The van der Waals surface area contributed by atoms with Crippen LogP contribution in [0.5, 0.6) is 0 Å². The Hall–Kier alpha value is -0.650. The highest BCUT2D eigenvalue weighted by Gasteiger charge is 2.02. The van der Waals surface area contributed by atoms with Gasteiger partial charge in [-0.25, -0.2) is 4.79 Å². The third-order valence-electron chi connectivity index (χ3n) is 1.97. The lowest BCUT2D eigenvalue weighted by molar-refractivity contribution is -0.166. The molecular formula is C12H24O5. The number of rotatable bonds is 12. The highest BCUT2D eigenvalue weighted by Crippen LogP contribution is 1.91. The fourth-order valence-electron chi connectivity index (χ4n) is 0.944. The number of unbranched alkanes of at least 4 members (excludes halogenated alkanes) is 2. The molecule has 0 atom stereocenters. The molecule has 0 fully saturated rings. The molecule has 0 aromatic heterocycles. The first-order chi connectivity index (χ1) is 8.31. The molecule has 0 radical (unpaired) electrons. The summed E-state index contributed by atoms with van der Waals surface area (Å²) in [6.45, 7) is 5.46. The van der Waals surface area contributed by atoms with Gasteiger partial charge in [0.05, 0.1) is 6.61 Å². The van der Waals surface area contributed by atoms with Gasteiger partial charge in [-0.05, 0) is 12.8 Å². The predicted molar refractivity (Wildman–Crippen MR) is 63.5 cm³/mol. The fourth-order valence-corrected chi connectivity index (χ4v) is 0.944. The van der Waals surface area contributed by atoms with Crippen LogP contribution in [0.1, 0.15) is 39.5 Å². The van der Waals surface area contributed by atoms with Crippen LogP contribution >= 0.6 is 0 Å². The van der Waals surface area contributed by atoms with Gasteiger partial charge in [0.25, 0.3) is 0 Å². The Morgan fingerprint density at radius 2 is 1.47 bits per heavy atom. The second-order valence-corrected chi connectivity index (χ2v) is 3.62. The molecule has 0 heterocycles. The molecule has 0 N–H and O–H groups in total. The number of hydrogen-bond acceptors (Lipinski definition) is 5. The second kappa shape index (κ2) is 13.4. The lowest BCUT2D eigenvalue weighted by atomic mass is 10.4. The van der Waals surface area contributed by atoms with Gasteiger partial charge in [0.1, 0.15) is 13.4 Å². The van der Waals surface area contributed by atoms with E-state index in [2.05, 4.69) is 13.8 Å². The molecule has 0 spiro atoms. The van der Waals surface area contributed by atoms with Crippen LogP contribution < -0.4 is 0 Å². The zero-order valence-electron chi connectivity index (χ0n) is 10.9. The van der Waals surface area contributed by atoms with E-state index < -0.39 is 5.97 Å². The third-order valence-corrected chi connectivity index (χ3v) is 1.97. The minimum absolute atomic E-state index is 0.00111. The molecule has 0 aliphatic carbocycles. The standard InChI is InChI=1S/C12H24O5/c1-3-5-7-14-10-16-9-12(13)17-11-15-8-6-4-2/h3-11H2,1-2H3. The van der Waals surface area contributed by atoms with Crippen molar-refractivity contribution < 1.29 is 23.7 Å². The van der Waals surface area contributed by atoms with Crippen molar-refractivity contribution in [1.82, 2.24) is 0 Å². The normalized spacial score (nSPS) is 10.5. The number of esters is 1. The molecule has 102 valence electrons. The zero-order valence-corrected chi connectivity index (χ0v) is 10.9. The molecule has 5 heteroatoms. The summed E-state index contributed by atoms with van der Waals surface area (Å²) in [6, 6.07) is 0. The molecule has 5 nitrogen and oxygen atoms in total. The van der Waals surface area contributed by atoms with Crippen molar-refractivity contribution in [2.75, 3.05) is 33.4 Å². The minimum atomic E-state index is -0.430. The van der Waals surface area contributed by atoms with Crippen LogP contribution in [-0.4, -0.2) is 39.4 Å². The van der Waals surface area contributed by atoms with E-state index in [0.717, 1.165) is 25.7 Å². The number of hydrogen-bond donors (Lipinski definition) is 0. The number of carbonyl (C=O) groups is 1. The fraction of sp³-hybridized carbons (Fsp3) is 0.917. The van der Waals surface area contributed by atoms with Crippen molar-refractivity contribution in [2.45, 2.75) is 39.5 Å². The van der Waals surface area contributed by atoms with Crippen molar-refractivity contribution in [3.8, 4) is 0 Å². The Kier molecular flexibility index (Phi) is 12.9. The van der Waals surface area contributed by atoms with Crippen LogP contribution in [0.3, 0.4) is 0 Å². The first kappa shape index (κ1) is 16.4. The number of ether oxygens (including phenoxy) is 4. The van der Waals surface area contributed by atoms with Crippen molar-refractivity contribution in [2.24, 2.45) is 0 Å². The summed E-state index contributed by atoms with van der Waals surface area (Å²) in [5.41, 5.74) is 0. The van der Waals surface area contributed by atoms with Gasteiger partial charge in [0.2, 0.25) is 0 Å². The lowest BCUT2D eigenvalue weighted by Gasteiger charge is -2.06. The summed E-state index contributed by atoms with van der Waals surface area (Å²) in [7, 11) is 0. The van der Waals surface area contributed by atoms with Crippen LogP contribution in [0.4, 0.5) is 0 Å². The lowest BCUT2D eigenvalue weighted by Crippen LogP contribution is -2.16. The summed E-state index contributed by atoms with van der Waals surface area (Å²) in [5.74, 6) is -0.430. The Bertz CT molecular complexity index is 172. The van der Waals surface area contributed by atoms with Gasteiger partial charge in [-0.3, -0.25) is 0 Å². The second-order valence-electron chi connectivity index (χ2n) is 3.62. The van der Waals surface area contributed by atoms with Crippen LogP contribution in [0.15, 0.2) is 0 Å². The van der Waals surface area contributed by atoms with Gasteiger partial charge < -0.3 is 18.9 Å². The average molecular weight is 248 g/mol. The van der Waals surface area contributed by atoms with E-state index in [1.54, 1.807) is 0 Å². The molecule has 0 bridgehead atoms. The van der Waals surface area contributed by atoms with E-state index in [1.807, 2.05) is 0 Å². The molecule has 0 amide bonds. The van der Waals surface area contributed by atoms with Gasteiger partial charge in [0, 0.05) is 6.61 Å². The van der Waals surface area contributed by atoms with E-state index >= 15 is 0 Å². The maximum Gasteiger partial charge on any atom is 0.334 e. The van der Waals surface area contributed by atoms with Crippen LogP contribution in [0, 0.1) is 0 Å². The van der Waals surface area contributed by atoms with E-state index in [1.165, 1.54) is 0 Å². The smallest absolute Gasteiger partial charge is 0.334 e. The summed E-state index contributed by atoms with van der Waals surface area (Å²) >= 11 is 0. The van der Waals surface area contributed by atoms with E-state index in [4.69, 9.17) is 18.9 Å². The highest BCUT2D eigenvalue weighted by atomic mass is 16.7. The predicted octanol–water partition coefficient (Wildman–Crippen LogP) is 2.09. The quantitative estimate of drug-likeness (QED) is 0.301. The Morgan fingerprint density at radius 1 is 0.882 bits per heavy atom. The summed E-state index contributed by atoms with van der Waals surface area (Å²) in [4.78, 5) is 11.1. The van der Waals surface area contributed by atoms with Gasteiger partial charge in [-0.15, -0.1) is 0 Å². The molecule has 0 aliphatic rings. The number of carbonyl (C=O) groups excluding carboxylic acids is 1. The van der Waals surface area contributed by atoms with Gasteiger partial charge in [-0.1, -0.05) is 26.7 Å². The third kappa shape index (κ3) is 13.3. The molecule has 0 saturated carbocycles. The largest absolute Gasteiger partial charge is 0.437 e. The monoisotopic (exact) mass is 248 g/mol. The minimum Gasteiger partial charge on any atom is -0.437 e. The van der Waals surface area contributed by atoms with Gasteiger partial charge >= 0.3 is 5.97 Å². The molecule has 0 aliphatic heterocycles. The van der Waals surface area contributed by atoms with E-state index in [9.17, 15) is 4.79 Å². The maximum absolute atomic E-state index is 11.1. The Balaban J connectivity index is 3.12. The summed E-state index contributed by atoms with van der Waals surface area (Å²) < 4.78 is 19.9. The van der Waals surface area contributed by atoms with Crippen molar-refractivity contribution in [3.05, 3.63) is 0 Å². The first-order valence-electron chi connectivity index (χ1n) is 6.20. The first-order valence-corrected chi connectivity index (χ1v) is 6.20. The van der Waals surface area contributed by atoms with Crippen LogP contribution in [-0.2, 0) is 23.7 Å². The molecule has 17 heavy (non-hydrogen) atoms. The Labute approximate surface area is 103 Å². The van der Waals surface area contributed by atoms with E-state index in [0.29, 0.717) is 13.2 Å².